The van der Waals surface area contributed by atoms with Crippen molar-refractivity contribution < 1.29 is 9.59 Å². The Morgan fingerprint density at radius 3 is 2.71 bits per heavy atom. The van der Waals surface area contributed by atoms with E-state index in [0.29, 0.717) is 35.2 Å². The van der Waals surface area contributed by atoms with Gasteiger partial charge in [0.2, 0.25) is 17.3 Å². The fourth-order valence-electron chi connectivity index (χ4n) is 4.22. The highest BCUT2D eigenvalue weighted by Crippen LogP contribution is 2.25. The van der Waals surface area contributed by atoms with Crippen LogP contribution in [-0.2, 0) is 17.9 Å². The molecule has 178 valence electrons. The zero-order valence-corrected chi connectivity index (χ0v) is 19.2. The Hall–Kier alpha value is -3.89. The molecule has 1 aliphatic carbocycles. The maximum absolute atomic E-state index is 12.6. The molecule has 0 spiro atoms. The minimum Gasteiger partial charge on any atom is -0.354 e. The van der Waals surface area contributed by atoms with Gasteiger partial charge in [-0.3, -0.25) is 14.4 Å². The molecule has 2 amide bonds. The minimum atomic E-state index is -0.363. The number of pyridine rings is 2. The Kier molecular flexibility index (Phi) is 7.09. The number of aromatic amines is 1. The summed E-state index contributed by atoms with van der Waals surface area (Å²) < 4.78 is 0. The molecule has 3 heterocycles. The lowest BCUT2D eigenvalue weighted by atomic mass is 9.86. The number of H-pyrrole nitrogens is 1. The highest BCUT2D eigenvalue weighted by Gasteiger charge is 2.23. The van der Waals surface area contributed by atoms with Crippen LogP contribution in [0.1, 0.15) is 54.5 Å². The van der Waals surface area contributed by atoms with Crippen LogP contribution in [-0.4, -0.2) is 48.0 Å². The van der Waals surface area contributed by atoms with E-state index in [-0.39, 0.29) is 35.7 Å². The first-order chi connectivity index (χ1) is 16.4. The van der Waals surface area contributed by atoms with Crippen LogP contribution in [0.5, 0.6) is 0 Å². The average molecular weight is 465 g/mol. The van der Waals surface area contributed by atoms with Crippen LogP contribution >= 0.6 is 0 Å². The lowest BCUT2D eigenvalue weighted by Crippen LogP contribution is -2.36. The number of rotatable bonds is 7. The summed E-state index contributed by atoms with van der Waals surface area (Å²) in [7, 11) is 0. The molecule has 4 rings (SSSR count). The number of amides is 2. The number of carbonyl (C=O) groups excluding carboxylic acids is 2. The molecule has 1 fully saturated rings. The number of nitrogens with one attached hydrogen (secondary N) is 3. The molecule has 0 aliphatic heterocycles. The van der Waals surface area contributed by atoms with Crippen molar-refractivity contribution in [3.05, 3.63) is 57.8 Å². The second-order valence-corrected chi connectivity index (χ2v) is 8.69. The number of nitrogens with zero attached hydrogens (tertiary/aromatic N) is 5. The third-order valence-electron chi connectivity index (χ3n) is 5.84. The SMILES string of the molecule is CC(=O)NC1CCC(Cn2nnc(-c3cc(C)nc(C(=O)NCc4cccc(=O)[nH]4)c3)n2)CC1. The molecule has 0 atom stereocenters. The molecule has 11 nitrogen and oxygen atoms in total. The molecular weight excluding hydrogens is 436 g/mol. The summed E-state index contributed by atoms with van der Waals surface area (Å²) in [6.45, 7) is 4.19. The largest absolute Gasteiger partial charge is 0.354 e. The van der Waals surface area contributed by atoms with Gasteiger partial charge in [-0.2, -0.15) is 4.80 Å². The van der Waals surface area contributed by atoms with E-state index in [1.54, 1.807) is 36.8 Å². The second-order valence-electron chi connectivity index (χ2n) is 8.69. The Labute approximate surface area is 196 Å². The van der Waals surface area contributed by atoms with Gasteiger partial charge in [-0.1, -0.05) is 6.07 Å². The lowest BCUT2D eigenvalue weighted by Gasteiger charge is -2.28. The molecule has 3 aromatic heterocycles. The van der Waals surface area contributed by atoms with E-state index in [1.807, 2.05) is 6.07 Å². The van der Waals surface area contributed by atoms with Gasteiger partial charge in [0.25, 0.3) is 5.91 Å². The van der Waals surface area contributed by atoms with Gasteiger partial charge in [0.15, 0.2) is 0 Å². The van der Waals surface area contributed by atoms with Crippen LogP contribution in [0, 0.1) is 12.8 Å². The molecule has 1 aliphatic rings. The summed E-state index contributed by atoms with van der Waals surface area (Å²) in [4.78, 5) is 43.9. The third-order valence-corrected chi connectivity index (χ3v) is 5.84. The van der Waals surface area contributed by atoms with E-state index in [1.165, 1.54) is 6.07 Å². The molecule has 34 heavy (non-hydrogen) atoms. The molecule has 0 bridgehead atoms. The predicted molar refractivity (Wildman–Crippen MR) is 124 cm³/mol. The normalized spacial score (nSPS) is 17.8. The number of aryl methyl sites for hydroxylation is 1. The summed E-state index contributed by atoms with van der Waals surface area (Å²) in [5, 5.41) is 18.6. The van der Waals surface area contributed by atoms with E-state index in [9.17, 15) is 14.4 Å². The summed E-state index contributed by atoms with van der Waals surface area (Å²) >= 11 is 0. The van der Waals surface area contributed by atoms with Crippen molar-refractivity contribution in [1.29, 1.82) is 0 Å². The third kappa shape index (κ3) is 6.12. The van der Waals surface area contributed by atoms with Crippen LogP contribution in [0.25, 0.3) is 11.4 Å². The summed E-state index contributed by atoms with van der Waals surface area (Å²) in [5.74, 6) is 0.510. The first kappa shape index (κ1) is 23.3. The molecule has 0 unspecified atom stereocenters. The fraction of sp³-hybridized carbons (Fsp3) is 0.435. The highest BCUT2D eigenvalue weighted by atomic mass is 16.2. The van der Waals surface area contributed by atoms with Gasteiger partial charge in [0.05, 0.1) is 13.1 Å². The monoisotopic (exact) mass is 464 g/mol. The summed E-state index contributed by atoms with van der Waals surface area (Å²) in [6, 6.07) is 8.47. The van der Waals surface area contributed by atoms with Gasteiger partial charge in [-0.25, -0.2) is 4.98 Å². The Morgan fingerprint density at radius 1 is 1.18 bits per heavy atom. The zero-order chi connectivity index (χ0) is 24.1. The van der Waals surface area contributed by atoms with Crippen LogP contribution in [0.15, 0.2) is 35.1 Å². The van der Waals surface area contributed by atoms with E-state index >= 15 is 0 Å². The van der Waals surface area contributed by atoms with Gasteiger partial charge in [0.1, 0.15) is 5.69 Å². The van der Waals surface area contributed by atoms with Gasteiger partial charge < -0.3 is 15.6 Å². The number of tetrazole rings is 1. The van der Waals surface area contributed by atoms with E-state index in [4.69, 9.17) is 0 Å². The molecule has 0 aromatic carbocycles. The Bertz CT molecular complexity index is 1230. The van der Waals surface area contributed by atoms with Crippen molar-refractivity contribution in [2.45, 2.75) is 58.7 Å². The summed E-state index contributed by atoms with van der Waals surface area (Å²) in [5.41, 5.74) is 1.93. The molecule has 11 heteroatoms. The number of hydrogen-bond donors (Lipinski definition) is 3. The second kappa shape index (κ2) is 10.4. The van der Waals surface area contributed by atoms with Gasteiger partial charge in [-0.15, -0.1) is 10.2 Å². The van der Waals surface area contributed by atoms with E-state index < -0.39 is 0 Å². The quantitative estimate of drug-likeness (QED) is 0.478. The topological polar surface area (TPSA) is 148 Å². The van der Waals surface area contributed by atoms with E-state index in [0.717, 1.165) is 25.7 Å². The van der Waals surface area contributed by atoms with Crippen LogP contribution < -0.4 is 16.2 Å². The number of carbonyl (C=O) groups is 2. The van der Waals surface area contributed by atoms with Gasteiger partial charge in [0, 0.05) is 36.0 Å². The standard InChI is InChI=1S/C23H28N8O3/c1-14-10-17(11-20(25-14)23(34)24-12-19-4-3-5-21(33)27-19)22-28-30-31(29-22)13-16-6-8-18(9-7-16)26-15(2)32/h3-5,10-11,16,18H,6-9,12-13H2,1-2H3,(H,24,34)(H,26,32)(H,27,33). The Morgan fingerprint density at radius 2 is 1.97 bits per heavy atom. The van der Waals surface area contributed by atoms with Gasteiger partial charge in [-0.05, 0) is 61.9 Å². The lowest BCUT2D eigenvalue weighted by molar-refractivity contribution is -0.119. The first-order valence-corrected chi connectivity index (χ1v) is 11.4. The van der Waals surface area contributed by atoms with Crippen LogP contribution in [0.3, 0.4) is 0 Å². The first-order valence-electron chi connectivity index (χ1n) is 11.4. The van der Waals surface area contributed by atoms with Crippen molar-refractivity contribution in [1.82, 2.24) is 40.8 Å². The highest BCUT2D eigenvalue weighted by molar-refractivity contribution is 5.93. The average Bonchev–Trinajstić information content (AvgIpc) is 3.27. The zero-order valence-electron chi connectivity index (χ0n) is 19.2. The summed E-state index contributed by atoms with van der Waals surface area (Å²) in [6.07, 6.45) is 3.88. The smallest absolute Gasteiger partial charge is 0.270 e. The van der Waals surface area contributed by atoms with Crippen molar-refractivity contribution in [3.8, 4) is 11.4 Å². The Balaban J connectivity index is 1.39. The molecule has 0 radical (unpaired) electrons. The van der Waals surface area contributed by atoms with Crippen LogP contribution in [0.2, 0.25) is 0 Å². The van der Waals surface area contributed by atoms with Crippen LogP contribution in [0.4, 0.5) is 0 Å². The minimum absolute atomic E-state index is 0.0155. The van der Waals surface area contributed by atoms with Crippen molar-refractivity contribution >= 4 is 11.8 Å². The molecule has 3 aromatic rings. The maximum atomic E-state index is 12.6. The van der Waals surface area contributed by atoms with Gasteiger partial charge >= 0.3 is 0 Å². The fourth-order valence-corrected chi connectivity index (χ4v) is 4.22. The number of aromatic nitrogens is 6. The van der Waals surface area contributed by atoms with Crippen molar-refractivity contribution in [2.24, 2.45) is 5.92 Å². The molecule has 0 saturated heterocycles. The molecule has 3 N–H and O–H groups in total. The molecule has 1 saturated carbocycles. The van der Waals surface area contributed by atoms with Crippen molar-refractivity contribution in [2.75, 3.05) is 0 Å². The predicted octanol–water partition coefficient (Wildman–Crippen LogP) is 1.36. The van der Waals surface area contributed by atoms with E-state index in [2.05, 4.69) is 36.0 Å². The molecular formula is C23H28N8O3. The van der Waals surface area contributed by atoms with Crippen molar-refractivity contribution in [3.63, 3.8) is 0 Å². The number of hydrogen-bond acceptors (Lipinski definition) is 7. The maximum Gasteiger partial charge on any atom is 0.270 e.